The molecule has 1 aromatic rings. The summed E-state index contributed by atoms with van der Waals surface area (Å²) >= 11 is 0. The van der Waals surface area contributed by atoms with Gasteiger partial charge in [0.25, 0.3) is 0 Å². The van der Waals surface area contributed by atoms with Crippen LogP contribution in [0.1, 0.15) is 16.7 Å². The maximum atomic E-state index is 12.7. The highest BCUT2D eigenvalue weighted by molar-refractivity contribution is 5.33. The third-order valence-electron chi connectivity index (χ3n) is 1.86. The Kier molecular flexibility index (Phi) is 2.25. The summed E-state index contributed by atoms with van der Waals surface area (Å²) in [6.07, 6.45) is 0. The van der Waals surface area contributed by atoms with E-state index in [1.807, 2.05) is 13.8 Å². The van der Waals surface area contributed by atoms with Crippen LogP contribution in [0.2, 0.25) is 0 Å². The summed E-state index contributed by atoms with van der Waals surface area (Å²) in [6, 6.07) is 3.02. The Morgan fingerprint density at radius 3 is 2.09 bits per heavy atom. The summed E-state index contributed by atoms with van der Waals surface area (Å²) in [7, 11) is 0. The van der Waals surface area contributed by atoms with Crippen molar-refractivity contribution in [2.75, 3.05) is 0 Å². The maximum absolute atomic E-state index is 12.7. The molecule has 2 N–H and O–H groups in total. The molecular formula is C9H12FN. The number of halogens is 1. The van der Waals surface area contributed by atoms with Crippen molar-refractivity contribution in [1.29, 1.82) is 0 Å². The van der Waals surface area contributed by atoms with Crippen LogP contribution in [0.3, 0.4) is 0 Å². The molecule has 0 amide bonds. The highest BCUT2D eigenvalue weighted by Gasteiger charge is 2.01. The minimum absolute atomic E-state index is 0.183. The van der Waals surface area contributed by atoms with Crippen LogP contribution in [0, 0.1) is 19.7 Å². The van der Waals surface area contributed by atoms with Crippen LogP contribution in [-0.4, -0.2) is 0 Å². The van der Waals surface area contributed by atoms with Gasteiger partial charge in [-0.15, -0.1) is 0 Å². The minimum Gasteiger partial charge on any atom is -0.326 e. The number of rotatable bonds is 1. The van der Waals surface area contributed by atoms with Gasteiger partial charge in [-0.05, 0) is 42.7 Å². The molecule has 0 fully saturated rings. The molecule has 2 heteroatoms. The molecule has 0 heterocycles. The largest absolute Gasteiger partial charge is 0.326 e. The van der Waals surface area contributed by atoms with Gasteiger partial charge in [0.1, 0.15) is 5.82 Å². The molecule has 0 saturated carbocycles. The summed E-state index contributed by atoms with van der Waals surface area (Å²) in [5, 5.41) is 0. The van der Waals surface area contributed by atoms with Crippen LogP contribution in [0.25, 0.3) is 0 Å². The zero-order chi connectivity index (χ0) is 8.43. The molecule has 0 aliphatic heterocycles. The van der Waals surface area contributed by atoms with Crippen LogP contribution in [-0.2, 0) is 6.54 Å². The van der Waals surface area contributed by atoms with Crippen LogP contribution < -0.4 is 5.73 Å². The average Bonchev–Trinajstić information content (AvgIpc) is 1.85. The molecule has 0 bridgehead atoms. The Hall–Kier alpha value is -0.890. The van der Waals surface area contributed by atoms with Crippen LogP contribution >= 0.6 is 0 Å². The lowest BCUT2D eigenvalue weighted by Crippen LogP contribution is -2.02. The number of benzene rings is 1. The van der Waals surface area contributed by atoms with E-state index in [-0.39, 0.29) is 5.82 Å². The van der Waals surface area contributed by atoms with Crippen molar-refractivity contribution in [2.24, 2.45) is 5.73 Å². The Morgan fingerprint density at radius 1 is 1.27 bits per heavy atom. The van der Waals surface area contributed by atoms with Gasteiger partial charge < -0.3 is 5.73 Å². The molecule has 0 aliphatic rings. The van der Waals surface area contributed by atoms with Crippen molar-refractivity contribution in [3.63, 3.8) is 0 Å². The molecule has 11 heavy (non-hydrogen) atoms. The van der Waals surface area contributed by atoms with Gasteiger partial charge in [0.15, 0.2) is 0 Å². The van der Waals surface area contributed by atoms with Gasteiger partial charge in [-0.25, -0.2) is 4.39 Å². The molecule has 1 nitrogen and oxygen atoms in total. The second-order valence-electron chi connectivity index (χ2n) is 2.72. The summed E-state index contributed by atoms with van der Waals surface area (Å²) in [4.78, 5) is 0. The van der Waals surface area contributed by atoms with Gasteiger partial charge >= 0.3 is 0 Å². The fourth-order valence-corrected chi connectivity index (χ4v) is 1.26. The first-order chi connectivity index (χ1) is 5.15. The van der Waals surface area contributed by atoms with Crippen molar-refractivity contribution in [3.8, 4) is 0 Å². The van der Waals surface area contributed by atoms with Crippen LogP contribution in [0.4, 0.5) is 4.39 Å². The van der Waals surface area contributed by atoms with Gasteiger partial charge in [-0.2, -0.15) is 0 Å². The molecule has 0 saturated heterocycles. The van der Waals surface area contributed by atoms with Crippen molar-refractivity contribution in [3.05, 3.63) is 34.6 Å². The number of aryl methyl sites for hydroxylation is 2. The molecule has 1 rings (SSSR count). The maximum Gasteiger partial charge on any atom is 0.123 e. The summed E-state index contributed by atoms with van der Waals surface area (Å²) in [5.41, 5.74) is 8.40. The minimum atomic E-state index is -0.183. The fraction of sp³-hybridized carbons (Fsp3) is 0.333. The zero-order valence-corrected chi connectivity index (χ0v) is 6.82. The second-order valence-corrected chi connectivity index (χ2v) is 2.72. The van der Waals surface area contributed by atoms with Crippen molar-refractivity contribution in [1.82, 2.24) is 0 Å². The van der Waals surface area contributed by atoms with Gasteiger partial charge in [0.2, 0.25) is 0 Å². The van der Waals surface area contributed by atoms with E-state index in [4.69, 9.17) is 5.73 Å². The van der Waals surface area contributed by atoms with E-state index in [2.05, 4.69) is 0 Å². The van der Waals surface area contributed by atoms with E-state index in [0.717, 1.165) is 16.7 Å². The van der Waals surface area contributed by atoms with Gasteiger partial charge in [0.05, 0.1) is 0 Å². The molecule has 0 spiro atoms. The van der Waals surface area contributed by atoms with E-state index in [0.29, 0.717) is 6.54 Å². The Morgan fingerprint density at radius 2 is 1.73 bits per heavy atom. The molecule has 0 radical (unpaired) electrons. The van der Waals surface area contributed by atoms with Crippen molar-refractivity contribution >= 4 is 0 Å². The van der Waals surface area contributed by atoms with Crippen molar-refractivity contribution in [2.45, 2.75) is 20.4 Å². The highest BCUT2D eigenvalue weighted by atomic mass is 19.1. The second kappa shape index (κ2) is 3.01. The van der Waals surface area contributed by atoms with Gasteiger partial charge in [-0.1, -0.05) is 0 Å². The fourth-order valence-electron chi connectivity index (χ4n) is 1.26. The molecule has 0 aliphatic carbocycles. The highest BCUT2D eigenvalue weighted by Crippen LogP contribution is 2.14. The topological polar surface area (TPSA) is 26.0 Å². The van der Waals surface area contributed by atoms with E-state index >= 15 is 0 Å². The normalized spacial score (nSPS) is 10.2. The molecule has 0 unspecified atom stereocenters. The van der Waals surface area contributed by atoms with Gasteiger partial charge in [0, 0.05) is 6.54 Å². The van der Waals surface area contributed by atoms with Crippen molar-refractivity contribution < 1.29 is 4.39 Å². The van der Waals surface area contributed by atoms with E-state index in [1.54, 1.807) is 0 Å². The Bertz CT molecular complexity index is 245. The van der Waals surface area contributed by atoms with Crippen LogP contribution in [0.5, 0.6) is 0 Å². The quantitative estimate of drug-likeness (QED) is 0.655. The predicted molar refractivity (Wildman–Crippen MR) is 43.8 cm³/mol. The Labute approximate surface area is 66.0 Å². The lowest BCUT2D eigenvalue weighted by atomic mass is 10.0. The summed E-state index contributed by atoms with van der Waals surface area (Å²) in [6.45, 7) is 4.23. The molecule has 60 valence electrons. The van der Waals surface area contributed by atoms with Crippen LogP contribution in [0.15, 0.2) is 12.1 Å². The molecular weight excluding hydrogens is 141 g/mol. The third-order valence-corrected chi connectivity index (χ3v) is 1.86. The first-order valence-corrected chi connectivity index (χ1v) is 3.61. The van der Waals surface area contributed by atoms with E-state index in [1.165, 1.54) is 12.1 Å². The Balaban J connectivity index is 3.25. The van der Waals surface area contributed by atoms with Gasteiger partial charge in [-0.3, -0.25) is 0 Å². The van der Waals surface area contributed by atoms with E-state index < -0.39 is 0 Å². The smallest absolute Gasteiger partial charge is 0.123 e. The average molecular weight is 153 g/mol. The first-order valence-electron chi connectivity index (χ1n) is 3.61. The monoisotopic (exact) mass is 153 g/mol. The number of hydrogen-bond donors (Lipinski definition) is 1. The molecule has 0 atom stereocenters. The summed E-state index contributed by atoms with van der Waals surface area (Å²) in [5.74, 6) is -0.183. The number of nitrogens with two attached hydrogens (primary N) is 1. The first kappa shape index (κ1) is 8.21. The third kappa shape index (κ3) is 1.57. The predicted octanol–water partition coefficient (Wildman–Crippen LogP) is 1.90. The summed E-state index contributed by atoms with van der Waals surface area (Å²) < 4.78 is 12.7. The molecule has 1 aromatic carbocycles. The lowest BCUT2D eigenvalue weighted by molar-refractivity contribution is 0.624. The number of hydrogen-bond acceptors (Lipinski definition) is 1. The zero-order valence-electron chi connectivity index (χ0n) is 6.82. The van der Waals surface area contributed by atoms with E-state index in [9.17, 15) is 4.39 Å². The molecule has 0 aromatic heterocycles. The standard InChI is InChI=1S/C9H12FN/c1-6-3-8(10)4-7(2)9(6)5-11/h3-4H,5,11H2,1-2H3. The lowest BCUT2D eigenvalue weighted by Gasteiger charge is -2.06. The SMILES string of the molecule is Cc1cc(F)cc(C)c1CN.